The second-order valence-corrected chi connectivity index (χ2v) is 5.58. The molecule has 3 rings (SSSR count). The number of phenolic OH excluding ortho intramolecular Hbond substituents is 1. The van der Waals surface area contributed by atoms with E-state index in [4.69, 9.17) is 9.47 Å². The summed E-state index contributed by atoms with van der Waals surface area (Å²) in [6.45, 7) is 1.76. The number of esters is 1. The zero-order valence-electron chi connectivity index (χ0n) is 12.2. The van der Waals surface area contributed by atoms with Crippen molar-refractivity contribution in [2.75, 3.05) is 7.11 Å². The predicted molar refractivity (Wildman–Crippen MR) is 75.7 cm³/mol. The Kier molecular flexibility index (Phi) is 3.21. The van der Waals surface area contributed by atoms with Crippen molar-refractivity contribution in [3.05, 3.63) is 35.4 Å². The molecule has 22 heavy (non-hydrogen) atoms. The first-order valence-electron chi connectivity index (χ1n) is 6.96. The summed E-state index contributed by atoms with van der Waals surface area (Å²) in [5, 5.41) is 20.5. The number of rotatable bonds is 1. The molecule has 3 atom stereocenters. The summed E-state index contributed by atoms with van der Waals surface area (Å²) >= 11 is 0. The van der Waals surface area contributed by atoms with E-state index in [1.807, 2.05) is 0 Å². The highest BCUT2D eigenvalue weighted by Gasteiger charge is 2.60. The lowest BCUT2D eigenvalue weighted by Crippen LogP contribution is -2.62. The maximum absolute atomic E-state index is 12.7. The average molecular weight is 304 g/mol. The Labute approximate surface area is 127 Å². The van der Waals surface area contributed by atoms with Gasteiger partial charge in [-0.3, -0.25) is 4.79 Å². The minimum absolute atomic E-state index is 0.00460. The maximum atomic E-state index is 12.7. The van der Waals surface area contributed by atoms with E-state index in [1.54, 1.807) is 13.0 Å². The molecular formula is C16H16O6. The number of aromatic hydroxyl groups is 1. The number of carbonyl (C=O) groups is 2. The fraction of sp³-hybridized carbons (Fsp3) is 0.375. The van der Waals surface area contributed by atoms with Crippen LogP contribution in [-0.2, 0) is 9.53 Å². The molecular weight excluding hydrogens is 288 g/mol. The third-order valence-corrected chi connectivity index (χ3v) is 4.28. The summed E-state index contributed by atoms with van der Waals surface area (Å²) in [4.78, 5) is 25.1. The lowest BCUT2D eigenvalue weighted by atomic mass is 9.71. The van der Waals surface area contributed by atoms with Gasteiger partial charge in [0.2, 0.25) is 5.78 Å². The van der Waals surface area contributed by atoms with Gasteiger partial charge >= 0.3 is 5.97 Å². The predicted octanol–water partition coefficient (Wildman–Crippen LogP) is 1.21. The van der Waals surface area contributed by atoms with Gasteiger partial charge in [-0.15, -0.1) is 0 Å². The molecule has 0 radical (unpaired) electrons. The number of hydrogen-bond donors (Lipinski definition) is 2. The average Bonchev–Trinajstić information content (AvgIpc) is 2.50. The normalized spacial score (nSPS) is 29.8. The van der Waals surface area contributed by atoms with Gasteiger partial charge in [0.25, 0.3) is 5.60 Å². The van der Waals surface area contributed by atoms with Crippen molar-refractivity contribution in [2.24, 2.45) is 5.92 Å². The van der Waals surface area contributed by atoms with Crippen LogP contribution in [0.5, 0.6) is 11.5 Å². The van der Waals surface area contributed by atoms with Gasteiger partial charge in [-0.05, 0) is 24.5 Å². The number of carbonyl (C=O) groups excluding carboxylic acids is 2. The number of Topliss-reactive ketones (excluding diaryl/α,β-unsaturated/α-hetero) is 1. The molecule has 1 aliphatic carbocycles. The second kappa shape index (κ2) is 4.84. The van der Waals surface area contributed by atoms with E-state index in [1.165, 1.54) is 25.3 Å². The largest absolute Gasteiger partial charge is 0.507 e. The van der Waals surface area contributed by atoms with Gasteiger partial charge in [0, 0.05) is 0 Å². The highest BCUT2D eigenvalue weighted by Crippen LogP contribution is 2.46. The van der Waals surface area contributed by atoms with Gasteiger partial charge < -0.3 is 19.7 Å². The minimum Gasteiger partial charge on any atom is -0.507 e. The van der Waals surface area contributed by atoms with Gasteiger partial charge in [0.15, 0.2) is 0 Å². The zero-order valence-corrected chi connectivity index (χ0v) is 12.2. The van der Waals surface area contributed by atoms with Crippen LogP contribution in [0.1, 0.15) is 23.7 Å². The monoisotopic (exact) mass is 304 g/mol. The minimum atomic E-state index is -1.88. The SMILES string of the molecule is COC(=O)[C@]12Oc3cccc(O)c3C(=O)C1=CC[C@@H](C)[C@@H]2O. The third-order valence-electron chi connectivity index (χ3n) is 4.28. The standard InChI is InChI=1S/C16H16O6/c1-8-6-7-9-13(18)12-10(17)4-3-5-11(12)22-16(9,14(8)19)15(20)21-2/h3-5,7-8,14,17,19H,6H2,1-2H3/t8-,14+,16+/m1/s1. The van der Waals surface area contributed by atoms with Crippen molar-refractivity contribution in [2.45, 2.75) is 25.0 Å². The Hall–Kier alpha value is -2.34. The summed E-state index contributed by atoms with van der Waals surface area (Å²) in [6, 6.07) is 4.34. The number of aliphatic hydroxyl groups is 1. The summed E-state index contributed by atoms with van der Waals surface area (Å²) in [6.07, 6.45) is 0.777. The number of phenols is 1. The highest BCUT2D eigenvalue weighted by molar-refractivity contribution is 6.18. The number of fused-ring (bicyclic) bond motifs is 2. The number of ether oxygens (including phenoxy) is 2. The number of allylic oxidation sites excluding steroid dienone is 1. The van der Waals surface area contributed by atoms with Crippen molar-refractivity contribution >= 4 is 11.8 Å². The fourth-order valence-corrected chi connectivity index (χ4v) is 3.09. The van der Waals surface area contributed by atoms with Crippen LogP contribution in [0, 0.1) is 5.92 Å². The first-order chi connectivity index (χ1) is 10.4. The number of benzene rings is 1. The van der Waals surface area contributed by atoms with Crippen LogP contribution in [0.25, 0.3) is 0 Å². The number of ketones is 1. The summed E-state index contributed by atoms with van der Waals surface area (Å²) in [5.41, 5.74) is -1.88. The summed E-state index contributed by atoms with van der Waals surface area (Å²) < 4.78 is 10.5. The highest BCUT2D eigenvalue weighted by atomic mass is 16.6. The molecule has 2 aliphatic rings. The van der Waals surface area contributed by atoms with E-state index in [9.17, 15) is 19.8 Å². The van der Waals surface area contributed by atoms with Gasteiger partial charge in [0.05, 0.1) is 12.7 Å². The molecule has 2 N–H and O–H groups in total. The van der Waals surface area contributed by atoms with E-state index < -0.39 is 23.5 Å². The molecule has 0 unspecified atom stereocenters. The van der Waals surface area contributed by atoms with Gasteiger partial charge in [-0.25, -0.2) is 4.79 Å². The second-order valence-electron chi connectivity index (χ2n) is 5.58. The van der Waals surface area contributed by atoms with Crippen LogP contribution in [-0.4, -0.2) is 40.8 Å². The Morgan fingerprint density at radius 3 is 2.86 bits per heavy atom. The number of methoxy groups -OCH3 is 1. The fourth-order valence-electron chi connectivity index (χ4n) is 3.09. The lowest BCUT2D eigenvalue weighted by molar-refractivity contribution is -0.169. The zero-order chi connectivity index (χ0) is 16.1. The van der Waals surface area contributed by atoms with E-state index >= 15 is 0 Å². The molecule has 0 spiro atoms. The molecule has 1 aromatic carbocycles. The van der Waals surface area contributed by atoms with Crippen molar-refractivity contribution in [3.8, 4) is 11.5 Å². The van der Waals surface area contributed by atoms with Crippen molar-refractivity contribution in [1.29, 1.82) is 0 Å². The molecule has 1 aromatic rings. The summed E-state index contributed by atoms with van der Waals surface area (Å²) in [5.74, 6) is -1.82. The molecule has 0 bridgehead atoms. The quantitative estimate of drug-likeness (QED) is 0.757. The third kappa shape index (κ3) is 1.70. The maximum Gasteiger partial charge on any atom is 0.357 e. The molecule has 6 heteroatoms. The molecule has 0 saturated heterocycles. The van der Waals surface area contributed by atoms with E-state index in [0.29, 0.717) is 6.42 Å². The van der Waals surface area contributed by atoms with Crippen LogP contribution in [0.4, 0.5) is 0 Å². The molecule has 0 aromatic heterocycles. The van der Waals surface area contributed by atoms with E-state index in [0.717, 1.165) is 0 Å². The molecule has 0 saturated carbocycles. The summed E-state index contributed by atoms with van der Waals surface area (Å²) in [7, 11) is 1.17. The molecule has 0 fully saturated rings. The first kappa shape index (κ1) is 14.6. The van der Waals surface area contributed by atoms with Crippen molar-refractivity contribution < 1.29 is 29.3 Å². The topological polar surface area (TPSA) is 93.1 Å². The van der Waals surface area contributed by atoms with Gasteiger partial charge in [-0.1, -0.05) is 19.1 Å². The number of hydrogen-bond acceptors (Lipinski definition) is 6. The Morgan fingerprint density at radius 2 is 2.18 bits per heavy atom. The number of aliphatic hydroxyl groups excluding tert-OH is 1. The van der Waals surface area contributed by atoms with E-state index in [-0.39, 0.29) is 28.6 Å². The first-order valence-corrected chi connectivity index (χ1v) is 6.96. The van der Waals surface area contributed by atoms with Crippen molar-refractivity contribution in [1.82, 2.24) is 0 Å². The van der Waals surface area contributed by atoms with Crippen LogP contribution in [0.3, 0.4) is 0 Å². The molecule has 1 aliphatic heterocycles. The lowest BCUT2D eigenvalue weighted by Gasteiger charge is -2.44. The molecule has 116 valence electrons. The van der Waals surface area contributed by atoms with Crippen LogP contribution >= 0.6 is 0 Å². The Bertz CT molecular complexity index is 692. The Balaban J connectivity index is 2.27. The smallest absolute Gasteiger partial charge is 0.357 e. The van der Waals surface area contributed by atoms with Crippen LogP contribution in [0.15, 0.2) is 29.8 Å². The molecule has 6 nitrogen and oxygen atoms in total. The Morgan fingerprint density at radius 1 is 1.45 bits per heavy atom. The van der Waals surface area contributed by atoms with E-state index in [2.05, 4.69) is 0 Å². The van der Waals surface area contributed by atoms with Gasteiger partial charge in [-0.2, -0.15) is 0 Å². The molecule has 0 amide bonds. The van der Waals surface area contributed by atoms with Gasteiger partial charge in [0.1, 0.15) is 23.2 Å². The van der Waals surface area contributed by atoms with Crippen molar-refractivity contribution in [3.63, 3.8) is 0 Å². The van der Waals surface area contributed by atoms with Crippen LogP contribution in [0.2, 0.25) is 0 Å². The molecule has 1 heterocycles. The van der Waals surface area contributed by atoms with Crippen LogP contribution < -0.4 is 4.74 Å².